The van der Waals surface area contributed by atoms with Gasteiger partial charge in [0.2, 0.25) is 0 Å². The fraction of sp³-hybridized carbons (Fsp3) is 0.333. The molecule has 2 aromatic rings. The Labute approximate surface area is 115 Å². The van der Waals surface area contributed by atoms with Crippen LogP contribution in [-0.4, -0.2) is 5.11 Å². The molecule has 2 rings (SSSR count). The van der Waals surface area contributed by atoms with Gasteiger partial charge in [-0.25, -0.2) is 0 Å². The molecule has 0 aliphatic rings. The Morgan fingerprint density at radius 3 is 1.89 bits per heavy atom. The number of aryl methyl sites for hydroxylation is 1. The molecule has 0 radical (unpaired) electrons. The summed E-state index contributed by atoms with van der Waals surface area (Å²) >= 11 is 0. The molecule has 1 N–H and O–H groups in total. The molecule has 0 fully saturated rings. The molecule has 0 saturated carbocycles. The highest BCUT2D eigenvalue weighted by molar-refractivity contribution is 5.70. The lowest BCUT2D eigenvalue weighted by molar-refractivity contribution is 0.468. The van der Waals surface area contributed by atoms with Crippen molar-refractivity contribution in [2.24, 2.45) is 0 Å². The Kier molecular flexibility index (Phi) is 4.26. The first-order valence-corrected chi connectivity index (χ1v) is 7.14. The molecule has 1 heteroatoms. The van der Waals surface area contributed by atoms with Gasteiger partial charge in [-0.2, -0.15) is 0 Å². The number of aromatic hydroxyl groups is 1. The average molecular weight is 254 g/mol. The van der Waals surface area contributed by atoms with Crippen LogP contribution in [0.25, 0.3) is 11.1 Å². The predicted molar refractivity (Wildman–Crippen MR) is 81.7 cm³/mol. The smallest absolute Gasteiger partial charge is 0.119 e. The molecule has 0 aliphatic carbocycles. The van der Waals surface area contributed by atoms with Gasteiger partial charge in [0.05, 0.1) is 0 Å². The van der Waals surface area contributed by atoms with Crippen LogP contribution in [0, 0.1) is 0 Å². The van der Waals surface area contributed by atoms with Gasteiger partial charge in [-0.05, 0) is 53.1 Å². The summed E-state index contributed by atoms with van der Waals surface area (Å²) in [6.45, 7) is 6.41. The third-order valence-electron chi connectivity index (χ3n) is 3.79. The zero-order chi connectivity index (χ0) is 13.8. The number of rotatable bonds is 4. The molecule has 1 nitrogen and oxygen atoms in total. The van der Waals surface area contributed by atoms with Gasteiger partial charge in [0.15, 0.2) is 0 Å². The maximum atomic E-state index is 9.98. The van der Waals surface area contributed by atoms with Gasteiger partial charge in [0, 0.05) is 0 Å². The van der Waals surface area contributed by atoms with Crippen molar-refractivity contribution < 1.29 is 5.11 Å². The minimum absolute atomic E-state index is 0.424. The quantitative estimate of drug-likeness (QED) is 0.835. The van der Waals surface area contributed by atoms with E-state index in [2.05, 4.69) is 45.0 Å². The highest BCUT2D eigenvalue weighted by Gasteiger charge is 2.11. The third kappa shape index (κ3) is 2.65. The molecule has 0 bridgehead atoms. The lowest BCUT2D eigenvalue weighted by Gasteiger charge is -2.14. The monoisotopic (exact) mass is 254 g/mol. The third-order valence-corrected chi connectivity index (χ3v) is 3.79. The first-order valence-electron chi connectivity index (χ1n) is 7.14. The van der Waals surface area contributed by atoms with E-state index in [9.17, 15) is 5.11 Å². The van der Waals surface area contributed by atoms with Crippen molar-refractivity contribution in [3.8, 4) is 16.9 Å². The van der Waals surface area contributed by atoms with Gasteiger partial charge in [-0.15, -0.1) is 0 Å². The lowest BCUT2D eigenvalue weighted by atomic mass is 9.91. The van der Waals surface area contributed by atoms with E-state index in [1.807, 2.05) is 12.1 Å². The second-order valence-electron chi connectivity index (χ2n) is 4.85. The fourth-order valence-corrected chi connectivity index (χ4v) is 2.67. The van der Waals surface area contributed by atoms with E-state index in [1.165, 1.54) is 22.3 Å². The van der Waals surface area contributed by atoms with Crippen molar-refractivity contribution in [2.45, 2.75) is 40.0 Å². The van der Waals surface area contributed by atoms with Gasteiger partial charge >= 0.3 is 0 Å². The molecule has 0 saturated heterocycles. The summed E-state index contributed by atoms with van der Waals surface area (Å²) in [5.74, 6) is 0.424. The molecule has 0 atom stereocenters. The molecule has 100 valence electrons. The second kappa shape index (κ2) is 5.92. The molecular weight excluding hydrogens is 232 g/mol. The Bertz CT molecular complexity index is 553. The minimum Gasteiger partial charge on any atom is -0.508 e. The summed E-state index contributed by atoms with van der Waals surface area (Å²) in [4.78, 5) is 0. The summed E-state index contributed by atoms with van der Waals surface area (Å²) in [5.41, 5.74) is 6.20. The van der Waals surface area contributed by atoms with Crippen LogP contribution in [0.2, 0.25) is 0 Å². The Morgan fingerprint density at radius 1 is 0.737 bits per heavy atom. The lowest BCUT2D eigenvalue weighted by Crippen LogP contribution is -1.96. The van der Waals surface area contributed by atoms with Crippen molar-refractivity contribution in [3.63, 3.8) is 0 Å². The molecule has 19 heavy (non-hydrogen) atoms. The number of hydrogen-bond donors (Lipinski definition) is 1. The largest absolute Gasteiger partial charge is 0.508 e. The fourth-order valence-electron chi connectivity index (χ4n) is 2.67. The first kappa shape index (κ1) is 13.7. The van der Waals surface area contributed by atoms with Crippen LogP contribution < -0.4 is 0 Å². The van der Waals surface area contributed by atoms with E-state index in [4.69, 9.17) is 0 Å². The van der Waals surface area contributed by atoms with Crippen molar-refractivity contribution in [2.75, 3.05) is 0 Å². The van der Waals surface area contributed by atoms with Crippen LogP contribution >= 0.6 is 0 Å². The van der Waals surface area contributed by atoms with Crippen LogP contribution in [0.15, 0.2) is 36.4 Å². The van der Waals surface area contributed by atoms with E-state index in [0.717, 1.165) is 24.8 Å². The number of benzene rings is 2. The molecule has 0 aromatic heterocycles. The van der Waals surface area contributed by atoms with E-state index in [1.54, 1.807) is 0 Å². The van der Waals surface area contributed by atoms with Crippen LogP contribution in [0.4, 0.5) is 0 Å². The highest BCUT2D eigenvalue weighted by atomic mass is 16.3. The van der Waals surface area contributed by atoms with E-state index < -0.39 is 0 Å². The summed E-state index contributed by atoms with van der Waals surface area (Å²) < 4.78 is 0. The SMILES string of the molecule is CCc1ccc(-c2ccc(O)c(CC)c2CC)cc1. The van der Waals surface area contributed by atoms with Crippen molar-refractivity contribution in [1.82, 2.24) is 0 Å². The second-order valence-corrected chi connectivity index (χ2v) is 4.85. The molecular formula is C18H22O. The Hall–Kier alpha value is -1.76. The molecule has 0 amide bonds. The zero-order valence-corrected chi connectivity index (χ0v) is 12.0. The van der Waals surface area contributed by atoms with Gasteiger partial charge in [0.25, 0.3) is 0 Å². The summed E-state index contributed by atoms with van der Waals surface area (Å²) in [6.07, 6.45) is 2.88. The van der Waals surface area contributed by atoms with Gasteiger partial charge in [-0.1, -0.05) is 51.1 Å². The molecule has 2 aromatic carbocycles. The standard InChI is InChI=1S/C18H22O/c1-4-13-7-9-14(10-8-13)17-11-12-18(19)16(6-3)15(17)5-2/h7-12,19H,4-6H2,1-3H3. The van der Waals surface area contributed by atoms with Gasteiger partial charge in [-0.3, -0.25) is 0 Å². The van der Waals surface area contributed by atoms with Crippen molar-refractivity contribution >= 4 is 0 Å². The number of phenols is 1. The highest BCUT2D eigenvalue weighted by Crippen LogP contribution is 2.32. The van der Waals surface area contributed by atoms with Crippen LogP contribution in [0.3, 0.4) is 0 Å². The topological polar surface area (TPSA) is 20.2 Å². The van der Waals surface area contributed by atoms with Crippen molar-refractivity contribution in [1.29, 1.82) is 0 Å². The molecule has 0 spiro atoms. The first-order chi connectivity index (χ1) is 9.21. The summed E-state index contributed by atoms with van der Waals surface area (Å²) in [6, 6.07) is 12.6. The van der Waals surface area contributed by atoms with Gasteiger partial charge < -0.3 is 5.11 Å². The normalized spacial score (nSPS) is 10.7. The Morgan fingerprint density at radius 2 is 1.37 bits per heavy atom. The van der Waals surface area contributed by atoms with E-state index in [-0.39, 0.29) is 0 Å². The summed E-state index contributed by atoms with van der Waals surface area (Å²) in [5, 5.41) is 9.98. The molecule has 0 heterocycles. The zero-order valence-electron chi connectivity index (χ0n) is 12.0. The maximum Gasteiger partial charge on any atom is 0.119 e. The van der Waals surface area contributed by atoms with E-state index >= 15 is 0 Å². The van der Waals surface area contributed by atoms with Crippen molar-refractivity contribution in [3.05, 3.63) is 53.1 Å². The predicted octanol–water partition coefficient (Wildman–Crippen LogP) is 4.75. The average Bonchev–Trinajstić information content (AvgIpc) is 2.47. The number of phenolic OH excluding ortho intramolecular Hbond substituents is 1. The summed E-state index contributed by atoms with van der Waals surface area (Å²) in [7, 11) is 0. The minimum atomic E-state index is 0.424. The molecule has 0 unspecified atom stereocenters. The number of hydrogen-bond acceptors (Lipinski definition) is 1. The van der Waals surface area contributed by atoms with Crippen LogP contribution in [0.5, 0.6) is 5.75 Å². The van der Waals surface area contributed by atoms with Crippen LogP contribution in [-0.2, 0) is 19.3 Å². The molecule has 0 aliphatic heterocycles. The Balaban J connectivity index is 2.54. The van der Waals surface area contributed by atoms with Gasteiger partial charge in [0.1, 0.15) is 5.75 Å². The maximum absolute atomic E-state index is 9.98. The van der Waals surface area contributed by atoms with Crippen LogP contribution in [0.1, 0.15) is 37.5 Å². The van der Waals surface area contributed by atoms with E-state index in [0.29, 0.717) is 5.75 Å².